The van der Waals surface area contributed by atoms with Crippen LogP contribution in [0.3, 0.4) is 0 Å². The summed E-state index contributed by atoms with van der Waals surface area (Å²) in [6.07, 6.45) is 12.7. The number of urea groups is 2. The molecule has 1 aliphatic carbocycles. The van der Waals surface area contributed by atoms with Gasteiger partial charge in [-0.3, -0.25) is 33.9 Å². The van der Waals surface area contributed by atoms with Crippen molar-refractivity contribution in [3.8, 4) is 0 Å². The van der Waals surface area contributed by atoms with Gasteiger partial charge in [-0.15, -0.1) is 0 Å². The van der Waals surface area contributed by atoms with Gasteiger partial charge >= 0.3 is 12.1 Å². The number of anilines is 1. The zero-order valence-electron chi connectivity index (χ0n) is 44.5. The van der Waals surface area contributed by atoms with Gasteiger partial charge in [0.15, 0.2) is 0 Å². The van der Waals surface area contributed by atoms with E-state index >= 15 is 0 Å². The minimum absolute atomic E-state index is 0.0667. The molecule has 0 radical (unpaired) electrons. The van der Waals surface area contributed by atoms with E-state index in [-0.39, 0.29) is 102 Å². The first-order chi connectivity index (χ1) is 36.8. The van der Waals surface area contributed by atoms with Crippen molar-refractivity contribution in [3.63, 3.8) is 0 Å². The quantitative estimate of drug-likeness (QED) is 0.0278. The summed E-state index contributed by atoms with van der Waals surface area (Å²) in [5.74, 6) is 0.593. The molecule has 23 heteroatoms. The topological polar surface area (TPSA) is 272 Å². The van der Waals surface area contributed by atoms with E-state index in [0.717, 1.165) is 61.3 Å². The summed E-state index contributed by atoms with van der Waals surface area (Å²) in [6.45, 7) is 12.0. The molecule has 21 nitrogen and oxygen atoms in total. The van der Waals surface area contributed by atoms with Crippen LogP contribution in [0.5, 0.6) is 0 Å². The molecular formula is C53H81N11O10S2. The number of hydrogen-bond donors (Lipinski definition) is 9. The van der Waals surface area contributed by atoms with Crippen LogP contribution in [-0.4, -0.2) is 165 Å². The van der Waals surface area contributed by atoms with E-state index < -0.39 is 0 Å². The Hall–Kier alpha value is -4.78. The molecular weight excluding hydrogens is 1010 g/mol. The Balaban J connectivity index is 0.655. The third-order valence-corrected chi connectivity index (χ3v) is 17.3. The second-order valence-corrected chi connectivity index (χ2v) is 23.2. The van der Waals surface area contributed by atoms with Crippen molar-refractivity contribution in [2.45, 2.75) is 145 Å². The number of Topliss-reactive ketones (excluding diaryl/α,β-unsaturated/α-hetero) is 1. The van der Waals surface area contributed by atoms with E-state index in [9.17, 15) is 33.6 Å². The largest absolute Gasteiger partial charge is 0.379 e. The first-order valence-electron chi connectivity index (χ1n) is 27.5. The Morgan fingerprint density at radius 3 is 2.33 bits per heavy atom. The molecule has 0 aromatic carbocycles. The molecule has 1 saturated carbocycles. The average molecular weight is 1100 g/mol. The standard InChI is InChI=1S/C53H81N11O10S2/c1-33(2)29-35-30-34(3)41(31-58-35)64-40-17-22-57-51-46(40)48(63-53(64)71)49(76-51)50(69)60-38-10-4-9-37(38)59-45(68)13-6-19-55-43(66)11-5-12-44(67)56-20-8-24-73-26-28-74-27-25-72-23-7-18-54-21-16-36(65)14-15-42-47-39(32-75-42)61-52(70)62-47/h6,13,30-31,33,37-40,42,46-47,51,54,57H,4-5,7-12,14-29,32H2,1-3H3,(H,55,66)(H,56,67)(H,59,68)(H,60,69)(H,63,71)(H2,61,62,70)/b13-6+/t37-,38+,39-,40?,42-,46?,47-,51?/m0/s1. The summed E-state index contributed by atoms with van der Waals surface area (Å²) in [5, 5.41) is 27.9. The maximum absolute atomic E-state index is 13.9. The van der Waals surface area contributed by atoms with Gasteiger partial charge in [0.05, 0.1) is 66.7 Å². The van der Waals surface area contributed by atoms with Crippen molar-refractivity contribution in [3.05, 3.63) is 46.3 Å². The monoisotopic (exact) mass is 1100 g/mol. The first kappa shape index (κ1) is 58.9. The average Bonchev–Trinajstić information content (AvgIpc) is 4.21. The molecule has 5 fully saturated rings. The molecule has 0 bridgehead atoms. The predicted octanol–water partition coefficient (Wildman–Crippen LogP) is 2.82. The SMILES string of the molecule is Cc1cc(CC(C)C)ncc1N1C(=O)NC2=C(C(=O)N[C@@H]3CCC[C@@H]3NC(=O)/C=C/CNC(=O)CCCC(=O)NCCCOCCOCCOCCCNCCC(=O)CC[C@@H]3SC[C@@H]4NC(=O)N[C@@H]43)SC3NCCC1C23. The molecule has 420 valence electrons. The van der Waals surface area contributed by atoms with Crippen molar-refractivity contribution in [1.82, 2.24) is 52.8 Å². The summed E-state index contributed by atoms with van der Waals surface area (Å²) in [7, 11) is 0. The molecule has 9 N–H and O–H groups in total. The molecule has 4 saturated heterocycles. The lowest BCUT2D eigenvalue weighted by atomic mass is 9.86. The van der Waals surface area contributed by atoms with E-state index in [1.807, 2.05) is 29.8 Å². The summed E-state index contributed by atoms with van der Waals surface area (Å²) in [5.41, 5.74) is 3.44. The Bertz CT molecular complexity index is 2240. The zero-order chi connectivity index (χ0) is 53.8. The Kier molecular flexibility index (Phi) is 23.5. The van der Waals surface area contributed by atoms with E-state index in [4.69, 9.17) is 19.2 Å². The highest BCUT2D eigenvalue weighted by Gasteiger charge is 2.52. The van der Waals surface area contributed by atoms with Crippen LogP contribution in [-0.2, 0) is 44.6 Å². The number of ether oxygens (including phenoxy) is 3. The van der Waals surface area contributed by atoms with Crippen molar-refractivity contribution in [2.75, 3.05) is 83.0 Å². The molecule has 0 spiro atoms. The smallest absolute Gasteiger partial charge is 0.326 e. The van der Waals surface area contributed by atoms with Crippen LogP contribution in [0.1, 0.15) is 102 Å². The number of rotatable bonds is 33. The Morgan fingerprint density at radius 1 is 0.855 bits per heavy atom. The van der Waals surface area contributed by atoms with Gasteiger partial charge in [0, 0.05) is 105 Å². The molecule has 1 aromatic rings. The fraction of sp³-hybridized carbons (Fsp3) is 0.698. The highest BCUT2D eigenvalue weighted by atomic mass is 32.2. The van der Waals surface area contributed by atoms with Crippen molar-refractivity contribution >= 4 is 70.7 Å². The summed E-state index contributed by atoms with van der Waals surface area (Å²) >= 11 is 3.28. The summed E-state index contributed by atoms with van der Waals surface area (Å²) in [6, 6.07) is 1.35. The fourth-order valence-corrected chi connectivity index (χ4v) is 13.5. The van der Waals surface area contributed by atoms with Crippen LogP contribution in [0.4, 0.5) is 15.3 Å². The number of nitrogens with zero attached hydrogens (tertiary/aromatic N) is 2. The van der Waals surface area contributed by atoms with Gasteiger partial charge in [0.25, 0.3) is 5.91 Å². The highest BCUT2D eigenvalue weighted by Crippen LogP contribution is 2.48. The maximum Gasteiger partial charge on any atom is 0.326 e. The van der Waals surface area contributed by atoms with E-state index in [2.05, 4.69) is 67.8 Å². The van der Waals surface area contributed by atoms with Gasteiger partial charge < -0.3 is 62.1 Å². The third-order valence-electron chi connectivity index (χ3n) is 14.4. The van der Waals surface area contributed by atoms with Crippen molar-refractivity contribution < 1.29 is 47.8 Å². The maximum atomic E-state index is 13.9. The van der Waals surface area contributed by atoms with Crippen LogP contribution < -0.4 is 52.8 Å². The first-order valence-corrected chi connectivity index (χ1v) is 29.4. The number of carbonyl (C=O) groups excluding carboxylic acids is 7. The second kappa shape index (κ2) is 30.4. The fourth-order valence-electron chi connectivity index (χ4n) is 10.7. The number of ketones is 1. The van der Waals surface area contributed by atoms with E-state index in [0.29, 0.717) is 120 Å². The van der Waals surface area contributed by atoms with E-state index in [1.165, 1.54) is 17.8 Å². The highest BCUT2D eigenvalue weighted by molar-refractivity contribution is 8.04. The Morgan fingerprint density at radius 2 is 1.58 bits per heavy atom. The number of nitrogens with one attached hydrogen (secondary N) is 9. The van der Waals surface area contributed by atoms with Gasteiger partial charge in [-0.2, -0.15) is 11.8 Å². The predicted molar refractivity (Wildman–Crippen MR) is 292 cm³/mol. The van der Waals surface area contributed by atoms with Gasteiger partial charge in [0.1, 0.15) is 5.78 Å². The Labute approximate surface area is 455 Å². The molecule has 8 atom stereocenters. The number of fused-ring (bicyclic) bond motifs is 1. The zero-order valence-corrected chi connectivity index (χ0v) is 46.1. The number of aromatic nitrogens is 1. The van der Waals surface area contributed by atoms with Gasteiger partial charge in [-0.1, -0.05) is 31.7 Å². The number of aryl methyl sites for hydroxylation is 1. The van der Waals surface area contributed by atoms with Gasteiger partial charge in [-0.05, 0) is 95.3 Å². The third kappa shape index (κ3) is 17.6. The van der Waals surface area contributed by atoms with Gasteiger partial charge in [-0.25, -0.2) is 9.59 Å². The van der Waals surface area contributed by atoms with Gasteiger partial charge in [0.2, 0.25) is 17.7 Å². The minimum atomic E-state index is -0.320. The lowest BCUT2D eigenvalue weighted by Gasteiger charge is -2.46. The molecule has 6 heterocycles. The number of piperidine rings is 1. The van der Waals surface area contributed by atoms with Crippen LogP contribution in [0.25, 0.3) is 0 Å². The summed E-state index contributed by atoms with van der Waals surface area (Å²) in [4.78, 5) is 96.1. The minimum Gasteiger partial charge on any atom is -0.379 e. The van der Waals surface area contributed by atoms with Crippen LogP contribution in [0.2, 0.25) is 0 Å². The molecule has 8 amide bonds. The lowest BCUT2D eigenvalue weighted by Crippen LogP contribution is -2.62. The molecule has 3 unspecified atom stereocenters. The lowest BCUT2D eigenvalue weighted by molar-refractivity contribution is -0.123. The van der Waals surface area contributed by atoms with Crippen LogP contribution >= 0.6 is 23.5 Å². The molecule has 76 heavy (non-hydrogen) atoms. The number of pyridine rings is 1. The summed E-state index contributed by atoms with van der Waals surface area (Å²) < 4.78 is 16.8. The van der Waals surface area contributed by atoms with Crippen molar-refractivity contribution in [1.29, 1.82) is 0 Å². The number of hydrogen-bond acceptors (Lipinski definition) is 15. The molecule has 6 aliphatic rings. The number of amides is 8. The molecule has 1 aromatic heterocycles. The van der Waals surface area contributed by atoms with Crippen LogP contribution in [0, 0.1) is 18.8 Å². The van der Waals surface area contributed by atoms with Crippen molar-refractivity contribution in [2.24, 2.45) is 11.8 Å². The molecule has 7 rings (SSSR count). The normalized spacial score (nSPS) is 24.6. The second-order valence-electron chi connectivity index (χ2n) is 20.8. The van der Waals surface area contributed by atoms with E-state index in [1.54, 1.807) is 6.08 Å². The number of carbonyl (C=O) groups is 7. The van der Waals surface area contributed by atoms with Crippen LogP contribution in [0.15, 0.2) is 35.0 Å². The number of thioether (sulfide) groups is 2. The molecule has 5 aliphatic heterocycles.